The molecule has 5 heteroatoms. The number of hydrogen-bond donors (Lipinski definition) is 1. The summed E-state index contributed by atoms with van der Waals surface area (Å²) < 4.78 is 5.69. The Morgan fingerprint density at radius 1 is 1.12 bits per heavy atom. The van der Waals surface area contributed by atoms with E-state index in [0.717, 1.165) is 24.0 Å². The smallest absolute Gasteiger partial charge is 0.335 e. The molecule has 2 rings (SSSR count). The van der Waals surface area contributed by atoms with Gasteiger partial charge in [0.05, 0.1) is 0 Å². The van der Waals surface area contributed by atoms with Gasteiger partial charge < -0.3 is 10.1 Å². The molecular formula is C29H42N2O3. The van der Waals surface area contributed by atoms with Crippen molar-refractivity contribution in [2.45, 2.75) is 80.2 Å². The quantitative estimate of drug-likeness (QED) is 0.308. The van der Waals surface area contributed by atoms with Crippen molar-refractivity contribution in [1.82, 2.24) is 5.32 Å². The summed E-state index contributed by atoms with van der Waals surface area (Å²) in [6.07, 6.45) is 6.08. The third-order valence-electron chi connectivity index (χ3n) is 6.85. The van der Waals surface area contributed by atoms with Crippen LogP contribution in [0.3, 0.4) is 0 Å². The van der Waals surface area contributed by atoms with E-state index in [1.807, 2.05) is 45.1 Å². The largest absolute Gasteiger partial charge is 0.458 e. The molecule has 0 aliphatic carbocycles. The van der Waals surface area contributed by atoms with Gasteiger partial charge in [0.1, 0.15) is 18.0 Å². The Labute approximate surface area is 205 Å². The molecule has 1 aliphatic rings. The highest BCUT2D eigenvalue weighted by atomic mass is 16.5. The molecular weight excluding hydrogens is 424 g/mol. The lowest BCUT2D eigenvalue weighted by molar-refractivity contribution is -0.138. The molecule has 0 radical (unpaired) electrons. The molecule has 1 aliphatic heterocycles. The fourth-order valence-electron chi connectivity index (χ4n) is 4.05. The van der Waals surface area contributed by atoms with Crippen molar-refractivity contribution in [3.05, 3.63) is 52.6 Å². The Kier molecular flexibility index (Phi) is 9.84. The second-order valence-electron chi connectivity index (χ2n) is 10.1. The SMILES string of the molecule is CCC(C)C(C(=O)OCC=Cc1ccc(C)cc1)=C(CC(C)C)C1=NC(C)(C(C)CC)C(=O)N1. The number of hydrogen-bond acceptors (Lipinski definition) is 4. The molecule has 3 unspecified atom stereocenters. The molecule has 5 nitrogen and oxygen atoms in total. The van der Waals surface area contributed by atoms with E-state index in [4.69, 9.17) is 9.73 Å². The van der Waals surface area contributed by atoms with Crippen LogP contribution in [0.1, 0.15) is 78.9 Å². The van der Waals surface area contributed by atoms with Crippen LogP contribution in [0.4, 0.5) is 0 Å². The molecule has 34 heavy (non-hydrogen) atoms. The van der Waals surface area contributed by atoms with Crippen LogP contribution in [0.5, 0.6) is 0 Å². The van der Waals surface area contributed by atoms with Crippen molar-refractivity contribution in [2.24, 2.45) is 22.7 Å². The van der Waals surface area contributed by atoms with Gasteiger partial charge in [-0.15, -0.1) is 0 Å². The van der Waals surface area contributed by atoms with Crippen LogP contribution >= 0.6 is 0 Å². The van der Waals surface area contributed by atoms with Crippen LogP contribution in [0, 0.1) is 24.7 Å². The lowest BCUT2D eigenvalue weighted by Gasteiger charge is -2.24. The molecule has 1 N–H and O–H groups in total. The van der Waals surface area contributed by atoms with Gasteiger partial charge >= 0.3 is 5.97 Å². The van der Waals surface area contributed by atoms with Gasteiger partial charge in [-0.3, -0.25) is 9.79 Å². The third kappa shape index (κ3) is 6.68. The summed E-state index contributed by atoms with van der Waals surface area (Å²) in [6, 6.07) is 8.18. The van der Waals surface area contributed by atoms with Crippen LogP contribution in [0.25, 0.3) is 6.08 Å². The normalized spacial score (nSPS) is 20.7. The minimum Gasteiger partial charge on any atom is -0.458 e. The summed E-state index contributed by atoms with van der Waals surface area (Å²) in [5, 5.41) is 3.00. The standard InChI is InChI=1S/C29H42N2O3/c1-9-21(6)25(27(32)34-17-11-12-23-15-13-20(5)14-16-23)24(18-19(3)4)26-30-28(33)29(8,31-26)22(7)10-2/h11-16,19,21-22H,9-10,17-18H2,1-8H3,(H,30,31,33). The van der Waals surface area contributed by atoms with Gasteiger partial charge in [0.25, 0.3) is 5.91 Å². The number of nitrogens with one attached hydrogen (secondary N) is 1. The van der Waals surface area contributed by atoms with Crippen molar-refractivity contribution in [3.63, 3.8) is 0 Å². The van der Waals surface area contributed by atoms with Gasteiger partial charge in [-0.25, -0.2) is 4.79 Å². The maximum atomic E-state index is 13.3. The maximum Gasteiger partial charge on any atom is 0.335 e. The van der Waals surface area contributed by atoms with Gasteiger partial charge in [0.15, 0.2) is 0 Å². The maximum absolute atomic E-state index is 13.3. The molecule has 0 bridgehead atoms. The molecule has 1 aromatic rings. The number of amidine groups is 1. The Balaban J connectivity index is 2.37. The van der Waals surface area contributed by atoms with E-state index in [2.05, 4.69) is 52.1 Å². The van der Waals surface area contributed by atoms with Gasteiger partial charge in [-0.2, -0.15) is 0 Å². The molecule has 1 amide bonds. The van der Waals surface area contributed by atoms with Crippen molar-refractivity contribution < 1.29 is 14.3 Å². The zero-order chi connectivity index (χ0) is 25.5. The first kappa shape index (κ1) is 27.6. The first-order valence-electron chi connectivity index (χ1n) is 12.6. The van der Waals surface area contributed by atoms with Crippen molar-refractivity contribution in [3.8, 4) is 0 Å². The Hall–Kier alpha value is -2.69. The monoisotopic (exact) mass is 466 g/mol. The molecule has 1 heterocycles. The summed E-state index contributed by atoms with van der Waals surface area (Å²) in [6.45, 7) is 16.5. The number of nitrogens with zero attached hydrogens (tertiary/aromatic N) is 1. The summed E-state index contributed by atoms with van der Waals surface area (Å²) in [7, 11) is 0. The molecule has 0 spiro atoms. The highest BCUT2D eigenvalue weighted by Crippen LogP contribution is 2.33. The lowest BCUT2D eigenvalue weighted by atomic mass is 9.85. The van der Waals surface area contributed by atoms with Crippen LogP contribution in [-0.2, 0) is 14.3 Å². The van der Waals surface area contributed by atoms with Gasteiger partial charge in [0, 0.05) is 11.1 Å². The Morgan fingerprint density at radius 2 is 1.76 bits per heavy atom. The molecule has 186 valence electrons. The number of rotatable bonds is 11. The summed E-state index contributed by atoms with van der Waals surface area (Å²) in [4.78, 5) is 31.1. The number of aliphatic imine (C=N–C) groups is 1. The Bertz CT molecular complexity index is 956. The minimum absolute atomic E-state index is 0.0163. The first-order chi connectivity index (χ1) is 16.0. The van der Waals surface area contributed by atoms with E-state index in [9.17, 15) is 9.59 Å². The highest BCUT2D eigenvalue weighted by molar-refractivity contribution is 6.17. The van der Waals surface area contributed by atoms with E-state index in [-0.39, 0.29) is 30.3 Å². The molecule has 0 saturated carbocycles. The van der Waals surface area contributed by atoms with Crippen molar-refractivity contribution in [1.29, 1.82) is 0 Å². The van der Waals surface area contributed by atoms with Crippen LogP contribution in [-0.4, -0.2) is 29.9 Å². The fraction of sp³-hybridized carbons (Fsp3) is 0.552. The average molecular weight is 467 g/mol. The second-order valence-corrected chi connectivity index (χ2v) is 10.1. The number of carbonyl (C=O) groups is 2. The average Bonchev–Trinajstić information content (AvgIpc) is 3.11. The first-order valence-corrected chi connectivity index (χ1v) is 12.6. The summed E-state index contributed by atoms with van der Waals surface area (Å²) >= 11 is 0. The van der Waals surface area contributed by atoms with E-state index in [1.165, 1.54) is 5.56 Å². The molecule has 0 saturated heterocycles. The van der Waals surface area contributed by atoms with Crippen LogP contribution in [0.2, 0.25) is 0 Å². The highest BCUT2D eigenvalue weighted by Gasteiger charge is 2.44. The van der Waals surface area contributed by atoms with Crippen molar-refractivity contribution in [2.75, 3.05) is 6.61 Å². The predicted molar refractivity (Wildman–Crippen MR) is 141 cm³/mol. The number of benzene rings is 1. The van der Waals surface area contributed by atoms with E-state index < -0.39 is 5.54 Å². The zero-order valence-electron chi connectivity index (χ0n) is 22.2. The van der Waals surface area contributed by atoms with Crippen LogP contribution < -0.4 is 5.32 Å². The predicted octanol–water partition coefficient (Wildman–Crippen LogP) is 6.27. The molecule has 3 atom stereocenters. The molecule has 1 aromatic carbocycles. The number of aryl methyl sites for hydroxylation is 1. The second kappa shape index (κ2) is 12.1. The fourth-order valence-corrected chi connectivity index (χ4v) is 4.05. The van der Waals surface area contributed by atoms with E-state index in [0.29, 0.717) is 23.7 Å². The van der Waals surface area contributed by atoms with E-state index >= 15 is 0 Å². The van der Waals surface area contributed by atoms with Gasteiger partial charge in [0.2, 0.25) is 0 Å². The minimum atomic E-state index is -0.826. The summed E-state index contributed by atoms with van der Waals surface area (Å²) in [5.41, 5.74) is 2.86. The number of amides is 1. The van der Waals surface area contributed by atoms with Crippen molar-refractivity contribution >= 4 is 23.8 Å². The number of ether oxygens (including phenoxy) is 1. The third-order valence-corrected chi connectivity index (χ3v) is 6.85. The van der Waals surface area contributed by atoms with Crippen LogP contribution in [0.15, 0.2) is 46.5 Å². The molecule has 0 aromatic heterocycles. The van der Waals surface area contributed by atoms with Gasteiger partial charge in [-0.1, -0.05) is 83.9 Å². The van der Waals surface area contributed by atoms with Gasteiger partial charge in [-0.05, 0) is 56.1 Å². The molecule has 0 fully saturated rings. The number of carbonyl (C=O) groups excluding carboxylic acids is 2. The topological polar surface area (TPSA) is 67.8 Å². The number of esters is 1. The lowest BCUT2D eigenvalue weighted by Crippen LogP contribution is -2.42. The van der Waals surface area contributed by atoms with E-state index in [1.54, 1.807) is 0 Å². The summed E-state index contributed by atoms with van der Waals surface area (Å²) in [5.74, 6) is 0.458. The Morgan fingerprint density at radius 3 is 2.32 bits per heavy atom. The zero-order valence-corrected chi connectivity index (χ0v) is 22.2.